The number of rotatable bonds is 17. The van der Waals surface area contributed by atoms with Crippen molar-refractivity contribution < 1.29 is 49.0 Å². The second kappa shape index (κ2) is 19.0. The van der Waals surface area contributed by atoms with Gasteiger partial charge in [0.2, 0.25) is 5.91 Å². The number of carbonyl (C=O) groups is 2. The average molecular weight is 650 g/mol. The molecule has 5 atom stereocenters. The average Bonchev–Trinajstić information content (AvgIpc) is 3.39. The van der Waals surface area contributed by atoms with E-state index in [1.54, 1.807) is 35.1 Å². The molecule has 1 aliphatic carbocycles. The zero-order chi connectivity index (χ0) is 32.7. The number of carbonyl (C=O) groups excluding carboxylic acids is 2. The van der Waals surface area contributed by atoms with Gasteiger partial charge in [-0.3, -0.25) is 9.59 Å². The number of nitrogens with zero attached hydrogens (tertiary/aromatic N) is 3. The smallest absolute Gasteiger partial charge is 0.251 e. The lowest BCUT2D eigenvalue weighted by molar-refractivity contribution is -0.302. The van der Waals surface area contributed by atoms with Crippen LogP contribution in [0.2, 0.25) is 0 Å². The maximum Gasteiger partial charge on any atom is 0.251 e. The highest BCUT2D eigenvalue weighted by atomic mass is 16.7. The fourth-order valence-corrected chi connectivity index (χ4v) is 5.36. The molecule has 15 nitrogen and oxygen atoms in total. The van der Waals surface area contributed by atoms with E-state index < -0.39 is 37.3 Å². The number of aromatic nitrogens is 3. The molecule has 2 heterocycles. The quantitative estimate of drug-likeness (QED) is 0.0970. The summed E-state index contributed by atoms with van der Waals surface area (Å²) in [5.74, 6) is -0.262. The fourth-order valence-electron chi connectivity index (χ4n) is 5.36. The predicted molar refractivity (Wildman–Crippen MR) is 163 cm³/mol. The molecule has 1 saturated heterocycles. The lowest BCUT2D eigenvalue weighted by Gasteiger charge is -2.39. The SMILES string of the molecule is O=C(CCNC(=O)c1ccc(-c2cn(CCOCCOCCOC3O[C@H](CO)[C@H](O)[C@H](O)[C@H]3O)nn2)cc1)NC1CCCCCC1. The van der Waals surface area contributed by atoms with Crippen LogP contribution in [0.1, 0.15) is 55.3 Å². The molecule has 1 aromatic heterocycles. The van der Waals surface area contributed by atoms with Crippen molar-refractivity contribution in [2.75, 3.05) is 46.2 Å². The molecular weight excluding hydrogens is 602 g/mol. The Morgan fingerprint density at radius 1 is 0.913 bits per heavy atom. The Morgan fingerprint density at radius 3 is 2.33 bits per heavy atom. The van der Waals surface area contributed by atoms with Crippen LogP contribution in [0.3, 0.4) is 0 Å². The maximum atomic E-state index is 12.5. The van der Waals surface area contributed by atoms with Crippen LogP contribution in [0.15, 0.2) is 30.5 Å². The number of amides is 2. The van der Waals surface area contributed by atoms with Gasteiger partial charge in [0.25, 0.3) is 5.91 Å². The van der Waals surface area contributed by atoms with Crippen LogP contribution in [0.5, 0.6) is 0 Å². The molecule has 46 heavy (non-hydrogen) atoms. The first-order valence-electron chi connectivity index (χ1n) is 16.0. The number of ether oxygens (including phenoxy) is 4. The van der Waals surface area contributed by atoms with Gasteiger partial charge in [0, 0.05) is 30.1 Å². The third-order valence-corrected chi connectivity index (χ3v) is 8.03. The first-order valence-corrected chi connectivity index (χ1v) is 16.0. The summed E-state index contributed by atoms with van der Waals surface area (Å²) in [6, 6.07) is 7.29. The highest BCUT2D eigenvalue weighted by Crippen LogP contribution is 2.22. The molecule has 2 fully saturated rings. The van der Waals surface area contributed by atoms with Gasteiger partial charge in [-0.2, -0.15) is 0 Å². The Morgan fingerprint density at radius 2 is 1.61 bits per heavy atom. The molecular formula is C31H47N5O10. The number of aliphatic hydroxyl groups excluding tert-OH is 4. The van der Waals surface area contributed by atoms with Crippen molar-refractivity contribution in [3.05, 3.63) is 36.0 Å². The second-order valence-electron chi connectivity index (χ2n) is 11.5. The molecule has 2 aromatic rings. The van der Waals surface area contributed by atoms with E-state index in [9.17, 15) is 30.0 Å². The number of hydrogen-bond acceptors (Lipinski definition) is 12. The number of hydrogen-bond donors (Lipinski definition) is 6. The van der Waals surface area contributed by atoms with Crippen LogP contribution in [0.25, 0.3) is 11.3 Å². The molecule has 1 aromatic carbocycles. The van der Waals surface area contributed by atoms with Crippen molar-refractivity contribution in [1.82, 2.24) is 25.6 Å². The van der Waals surface area contributed by atoms with E-state index in [1.165, 1.54) is 12.8 Å². The summed E-state index contributed by atoms with van der Waals surface area (Å²) in [6.45, 7) is 1.49. The summed E-state index contributed by atoms with van der Waals surface area (Å²) in [4.78, 5) is 24.8. The van der Waals surface area contributed by atoms with Gasteiger partial charge in [-0.1, -0.05) is 43.0 Å². The molecule has 1 unspecified atom stereocenters. The minimum atomic E-state index is -1.49. The summed E-state index contributed by atoms with van der Waals surface area (Å²) in [5, 5.41) is 53.0. The van der Waals surface area contributed by atoms with E-state index in [1.807, 2.05) is 0 Å². The van der Waals surface area contributed by atoms with E-state index in [4.69, 9.17) is 18.9 Å². The fraction of sp³-hybridized carbons (Fsp3) is 0.677. The minimum Gasteiger partial charge on any atom is -0.394 e. The molecule has 0 spiro atoms. The molecule has 2 aliphatic rings. The van der Waals surface area contributed by atoms with E-state index in [2.05, 4.69) is 20.9 Å². The van der Waals surface area contributed by atoms with Crippen LogP contribution >= 0.6 is 0 Å². The van der Waals surface area contributed by atoms with Crippen LogP contribution in [-0.4, -0.2) is 130 Å². The first kappa shape index (κ1) is 35.8. The van der Waals surface area contributed by atoms with E-state index >= 15 is 0 Å². The third-order valence-electron chi connectivity index (χ3n) is 8.03. The van der Waals surface area contributed by atoms with Gasteiger partial charge in [-0.05, 0) is 25.0 Å². The van der Waals surface area contributed by atoms with Gasteiger partial charge in [0.15, 0.2) is 6.29 Å². The largest absolute Gasteiger partial charge is 0.394 e. The summed E-state index contributed by atoms with van der Waals surface area (Å²) in [7, 11) is 0. The van der Waals surface area contributed by atoms with Gasteiger partial charge < -0.3 is 50.0 Å². The molecule has 6 N–H and O–H groups in total. The predicted octanol–water partition coefficient (Wildman–Crippen LogP) is -0.246. The molecule has 1 saturated carbocycles. The molecule has 2 amide bonds. The Balaban J connectivity index is 1.05. The van der Waals surface area contributed by atoms with Crippen molar-refractivity contribution in [2.45, 2.75) is 88.2 Å². The van der Waals surface area contributed by atoms with Gasteiger partial charge in [-0.25, -0.2) is 4.68 Å². The summed E-state index contributed by atoms with van der Waals surface area (Å²) >= 11 is 0. The topological polar surface area (TPSA) is 207 Å². The van der Waals surface area contributed by atoms with Crippen LogP contribution in [0.4, 0.5) is 0 Å². The Bertz CT molecular complexity index is 1190. The number of nitrogens with one attached hydrogen (secondary N) is 2. The van der Waals surface area contributed by atoms with Gasteiger partial charge in [0.05, 0.1) is 52.4 Å². The van der Waals surface area contributed by atoms with Gasteiger partial charge in [0.1, 0.15) is 30.1 Å². The van der Waals surface area contributed by atoms with E-state index in [0.29, 0.717) is 37.6 Å². The number of aliphatic hydroxyl groups is 4. The number of benzene rings is 1. The third kappa shape index (κ3) is 11.1. The summed E-state index contributed by atoms with van der Waals surface area (Å²) in [6.07, 6.45) is 2.29. The Kier molecular flexibility index (Phi) is 14.8. The Hall–Kier alpha value is -3.02. The highest BCUT2D eigenvalue weighted by molar-refractivity contribution is 5.94. The van der Waals surface area contributed by atoms with Crippen molar-refractivity contribution in [1.29, 1.82) is 0 Å². The molecule has 1 aliphatic heterocycles. The molecule has 0 radical (unpaired) electrons. The standard InChI is InChI=1S/C31H47N5O10/c37-20-25-27(39)28(40)29(41)31(46-25)45-18-17-44-16-15-43-14-13-36-19-24(34-35-36)21-7-9-22(10-8-21)30(42)32-12-11-26(38)33-23-5-3-1-2-4-6-23/h7-10,19,23,25,27-29,31,37,39-41H,1-6,11-18,20H2,(H,32,42)(H,33,38)/t25-,27+,28+,29-,31?/m1/s1. The highest BCUT2D eigenvalue weighted by Gasteiger charge is 2.43. The van der Waals surface area contributed by atoms with Crippen molar-refractivity contribution in [3.63, 3.8) is 0 Å². The minimum absolute atomic E-state index is 0.0254. The van der Waals surface area contributed by atoms with E-state index in [0.717, 1.165) is 31.2 Å². The second-order valence-corrected chi connectivity index (χ2v) is 11.5. The molecule has 0 bridgehead atoms. The Labute approximate surface area is 268 Å². The van der Waals surface area contributed by atoms with Gasteiger partial charge >= 0.3 is 0 Å². The molecule has 256 valence electrons. The molecule has 4 rings (SSSR count). The van der Waals surface area contributed by atoms with Crippen molar-refractivity contribution in [2.24, 2.45) is 0 Å². The zero-order valence-electron chi connectivity index (χ0n) is 26.0. The lowest BCUT2D eigenvalue weighted by atomic mass is 9.99. The zero-order valence-corrected chi connectivity index (χ0v) is 26.0. The maximum absolute atomic E-state index is 12.5. The first-order chi connectivity index (χ1) is 22.4. The van der Waals surface area contributed by atoms with Gasteiger partial charge in [-0.15, -0.1) is 5.10 Å². The van der Waals surface area contributed by atoms with Crippen LogP contribution < -0.4 is 10.6 Å². The lowest BCUT2D eigenvalue weighted by Crippen LogP contribution is -2.59. The van der Waals surface area contributed by atoms with Crippen molar-refractivity contribution >= 4 is 11.8 Å². The monoisotopic (exact) mass is 649 g/mol. The van der Waals surface area contributed by atoms with Crippen molar-refractivity contribution in [3.8, 4) is 11.3 Å². The van der Waals surface area contributed by atoms with E-state index in [-0.39, 0.29) is 44.0 Å². The van der Waals surface area contributed by atoms with Crippen LogP contribution in [0, 0.1) is 0 Å². The van der Waals surface area contributed by atoms with Crippen LogP contribution in [-0.2, 0) is 30.3 Å². The normalized spacial score (nSPS) is 24.0. The summed E-state index contributed by atoms with van der Waals surface area (Å²) in [5.41, 5.74) is 1.96. The summed E-state index contributed by atoms with van der Waals surface area (Å²) < 4.78 is 23.3. The molecule has 15 heteroatoms.